The molecule has 2 rings (SSSR count). The van der Waals surface area contributed by atoms with Crippen molar-refractivity contribution in [2.75, 3.05) is 6.61 Å². The molecule has 0 unspecified atom stereocenters. The van der Waals surface area contributed by atoms with Crippen molar-refractivity contribution >= 4 is 43.5 Å². The van der Waals surface area contributed by atoms with Crippen LogP contribution in [0.25, 0.3) is 0 Å². The monoisotopic (exact) mass is 442 g/mol. The Bertz CT molecular complexity index is 731. The lowest BCUT2D eigenvalue weighted by atomic mass is 10.2. The average Bonchev–Trinajstić information content (AvgIpc) is 2.90. The van der Waals surface area contributed by atoms with Crippen molar-refractivity contribution in [1.29, 1.82) is 0 Å². The molecule has 0 atom stereocenters. The van der Waals surface area contributed by atoms with E-state index in [9.17, 15) is 4.79 Å². The maximum atomic E-state index is 11.8. The zero-order valence-electron chi connectivity index (χ0n) is 12.9. The van der Waals surface area contributed by atoms with Crippen LogP contribution in [-0.2, 0) is 4.79 Å². The molecule has 0 aliphatic rings. The van der Waals surface area contributed by atoms with Gasteiger partial charge in [0.05, 0.1) is 8.95 Å². The van der Waals surface area contributed by atoms with E-state index >= 15 is 0 Å². The standard InChI is InChI=1S/C16H16Br2N2O3/c1-9-6-12(17)16(13(18)7-9)22-8-15(21)20-19-11(3)14-5-4-10(2)23-14/h4-7H,8H2,1-3H3,(H,20,21)/b19-11+. The van der Waals surface area contributed by atoms with Gasteiger partial charge in [-0.15, -0.1) is 0 Å². The Morgan fingerprint density at radius 2 is 1.91 bits per heavy atom. The lowest BCUT2D eigenvalue weighted by Crippen LogP contribution is -2.25. The van der Waals surface area contributed by atoms with Gasteiger partial charge in [0.15, 0.2) is 6.61 Å². The molecule has 0 saturated carbocycles. The smallest absolute Gasteiger partial charge is 0.277 e. The Hall–Kier alpha value is -1.60. The molecule has 1 amide bonds. The molecule has 1 aromatic carbocycles. The zero-order chi connectivity index (χ0) is 17.0. The van der Waals surface area contributed by atoms with E-state index in [-0.39, 0.29) is 12.5 Å². The molecule has 5 nitrogen and oxygen atoms in total. The third-order valence-corrected chi connectivity index (χ3v) is 4.11. The summed E-state index contributed by atoms with van der Waals surface area (Å²) in [5.74, 6) is 1.63. The molecule has 1 N–H and O–H groups in total. The molecule has 0 aliphatic heterocycles. The summed E-state index contributed by atoms with van der Waals surface area (Å²) in [5, 5.41) is 4.00. The molecule has 0 radical (unpaired) electrons. The second-order valence-corrected chi connectivity index (χ2v) is 6.70. The molecule has 0 spiro atoms. The van der Waals surface area contributed by atoms with Gasteiger partial charge < -0.3 is 9.15 Å². The van der Waals surface area contributed by atoms with Gasteiger partial charge in [-0.2, -0.15) is 5.10 Å². The van der Waals surface area contributed by atoms with Gasteiger partial charge >= 0.3 is 0 Å². The van der Waals surface area contributed by atoms with Crippen LogP contribution in [0.1, 0.15) is 24.0 Å². The molecule has 1 aromatic heterocycles. The fourth-order valence-electron chi connectivity index (χ4n) is 1.82. The number of carbonyl (C=O) groups excluding carboxylic acids is 1. The SMILES string of the molecule is C/C(=N\NC(=O)COc1c(Br)cc(C)cc1Br)c1ccc(C)o1. The Labute approximate surface area is 151 Å². The third kappa shape index (κ3) is 4.94. The second kappa shape index (κ2) is 7.79. The van der Waals surface area contributed by atoms with Crippen molar-refractivity contribution in [3.05, 3.63) is 50.3 Å². The number of amides is 1. The van der Waals surface area contributed by atoms with Crippen LogP contribution >= 0.6 is 31.9 Å². The first kappa shape index (κ1) is 17.7. The minimum Gasteiger partial charge on any atom is -0.481 e. The quantitative estimate of drug-likeness (QED) is 0.552. The van der Waals surface area contributed by atoms with E-state index in [0.717, 1.165) is 20.3 Å². The maximum Gasteiger partial charge on any atom is 0.277 e. The minimum absolute atomic E-state index is 0.145. The van der Waals surface area contributed by atoms with Crippen molar-refractivity contribution in [2.45, 2.75) is 20.8 Å². The summed E-state index contributed by atoms with van der Waals surface area (Å²) in [5.41, 5.74) is 4.11. The lowest BCUT2D eigenvalue weighted by Gasteiger charge is -2.10. The first-order valence-corrected chi connectivity index (χ1v) is 8.44. The number of nitrogens with zero attached hydrogens (tertiary/aromatic N) is 1. The Morgan fingerprint density at radius 1 is 1.26 bits per heavy atom. The van der Waals surface area contributed by atoms with Gasteiger partial charge in [-0.3, -0.25) is 4.79 Å². The van der Waals surface area contributed by atoms with Crippen LogP contribution in [0, 0.1) is 13.8 Å². The lowest BCUT2D eigenvalue weighted by molar-refractivity contribution is -0.123. The summed E-state index contributed by atoms with van der Waals surface area (Å²) in [6.45, 7) is 5.43. The average molecular weight is 444 g/mol. The summed E-state index contributed by atoms with van der Waals surface area (Å²) in [7, 11) is 0. The second-order valence-electron chi connectivity index (χ2n) is 4.99. The summed E-state index contributed by atoms with van der Waals surface area (Å²) < 4.78 is 12.5. The Balaban J connectivity index is 1.93. The van der Waals surface area contributed by atoms with Crippen molar-refractivity contribution in [1.82, 2.24) is 5.43 Å². The highest BCUT2D eigenvalue weighted by Gasteiger charge is 2.10. The molecule has 0 aliphatic carbocycles. The number of carbonyl (C=O) groups is 1. The van der Waals surface area contributed by atoms with Crippen LogP contribution in [-0.4, -0.2) is 18.2 Å². The molecular formula is C16H16Br2N2O3. The number of furan rings is 1. The predicted octanol–water partition coefficient (Wildman–Crippen LogP) is 4.34. The molecular weight excluding hydrogens is 428 g/mol. The number of hydrogen-bond acceptors (Lipinski definition) is 4. The zero-order valence-corrected chi connectivity index (χ0v) is 16.1. The van der Waals surface area contributed by atoms with Gasteiger partial charge in [0, 0.05) is 0 Å². The van der Waals surface area contributed by atoms with Gasteiger partial charge in [-0.25, -0.2) is 5.43 Å². The van der Waals surface area contributed by atoms with Crippen molar-refractivity contribution < 1.29 is 13.9 Å². The Kier molecular flexibility index (Phi) is 6.01. The van der Waals surface area contributed by atoms with Crippen molar-refractivity contribution in [3.63, 3.8) is 0 Å². The summed E-state index contributed by atoms with van der Waals surface area (Å²) in [6, 6.07) is 7.47. The molecule has 0 fully saturated rings. The number of nitrogens with one attached hydrogen (secondary N) is 1. The van der Waals surface area contributed by atoms with Gasteiger partial charge in [-0.1, -0.05) is 0 Å². The fourth-order valence-corrected chi connectivity index (χ4v) is 3.47. The van der Waals surface area contributed by atoms with Crippen LogP contribution < -0.4 is 10.2 Å². The van der Waals surface area contributed by atoms with E-state index < -0.39 is 0 Å². The molecule has 0 bridgehead atoms. The van der Waals surface area contributed by atoms with Crippen molar-refractivity contribution in [3.8, 4) is 5.75 Å². The number of rotatable bonds is 5. The van der Waals surface area contributed by atoms with Crippen LogP contribution in [0.15, 0.2) is 42.7 Å². The normalized spacial score (nSPS) is 11.4. The number of halogens is 2. The summed E-state index contributed by atoms with van der Waals surface area (Å²) >= 11 is 6.83. The van der Waals surface area contributed by atoms with Crippen LogP contribution in [0.4, 0.5) is 0 Å². The number of hydrazone groups is 1. The van der Waals surface area contributed by atoms with E-state index in [0.29, 0.717) is 17.2 Å². The minimum atomic E-state index is -0.355. The molecule has 2 aromatic rings. The molecule has 23 heavy (non-hydrogen) atoms. The van der Waals surface area contributed by atoms with E-state index in [1.54, 1.807) is 13.0 Å². The molecule has 1 heterocycles. The molecule has 0 saturated heterocycles. The van der Waals surface area contributed by atoms with E-state index in [2.05, 4.69) is 42.4 Å². The van der Waals surface area contributed by atoms with E-state index in [4.69, 9.17) is 9.15 Å². The highest BCUT2D eigenvalue weighted by molar-refractivity contribution is 9.11. The predicted molar refractivity (Wildman–Crippen MR) is 95.9 cm³/mol. The highest BCUT2D eigenvalue weighted by Crippen LogP contribution is 2.34. The van der Waals surface area contributed by atoms with E-state index in [1.165, 1.54) is 0 Å². The summed E-state index contributed by atoms with van der Waals surface area (Å²) in [4.78, 5) is 11.8. The fraction of sp³-hybridized carbons (Fsp3) is 0.250. The highest BCUT2D eigenvalue weighted by atomic mass is 79.9. The molecule has 7 heteroatoms. The molecule has 122 valence electrons. The number of aryl methyl sites for hydroxylation is 2. The number of benzene rings is 1. The van der Waals surface area contributed by atoms with E-state index in [1.807, 2.05) is 32.0 Å². The summed E-state index contributed by atoms with van der Waals surface area (Å²) in [6.07, 6.45) is 0. The largest absolute Gasteiger partial charge is 0.481 e. The Morgan fingerprint density at radius 3 is 2.48 bits per heavy atom. The maximum absolute atomic E-state index is 11.8. The first-order chi connectivity index (χ1) is 10.9. The third-order valence-electron chi connectivity index (χ3n) is 2.94. The van der Waals surface area contributed by atoms with Gasteiger partial charge in [0.25, 0.3) is 5.91 Å². The van der Waals surface area contributed by atoms with Gasteiger partial charge in [0.2, 0.25) is 0 Å². The number of ether oxygens (including phenoxy) is 1. The first-order valence-electron chi connectivity index (χ1n) is 6.85. The van der Waals surface area contributed by atoms with Crippen LogP contribution in [0.5, 0.6) is 5.75 Å². The van der Waals surface area contributed by atoms with Crippen LogP contribution in [0.2, 0.25) is 0 Å². The number of hydrogen-bond donors (Lipinski definition) is 1. The van der Waals surface area contributed by atoms with Gasteiger partial charge in [0.1, 0.15) is 23.0 Å². The van der Waals surface area contributed by atoms with Gasteiger partial charge in [-0.05, 0) is 82.5 Å². The van der Waals surface area contributed by atoms with Crippen LogP contribution in [0.3, 0.4) is 0 Å². The topological polar surface area (TPSA) is 63.8 Å². The van der Waals surface area contributed by atoms with Crippen molar-refractivity contribution in [2.24, 2.45) is 5.10 Å².